The zero-order chi connectivity index (χ0) is 13.8. The fraction of sp³-hybridized carbons (Fsp3) is 0.571. The molecule has 1 heterocycles. The Kier molecular flexibility index (Phi) is 4.61. The molecule has 5 heteroatoms. The van der Waals surface area contributed by atoms with Gasteiger partial charge in [-0.1, -0.05) is 0 Å². The minimum atomic E-state index is -0.350. The van der Waals surface area contributed by atoms with Crippen molar-refractivity contribution in [2.45, 2.75) is 18.9 Å². The van der Waals surface area contributed by atoms with Gasteiger partial charge >= 0.3 is 0 Å². The van der Waals surface area contributed by atoms with Gasteiger partial charge in [0.15, 0.2) is 11.5 Å². The van der Waals surface area contributed by atoms with Crippen LogP contribution in [0.5, 0.6) is 11.5 Å². The average Bonchev–Trinajstić information content (AvgIpc) is 2.47. The lowest BCUT2D eigenvalue weighted by molar-refractivity contribution is 0.0579. The molecule has 0 amide bonds. The van der Waals surface area contributed by atoms with Crippen LogP contribution in [0.3, 0.4) is 0 Å². The van der Waals surface area contributed by atoms with Crippen molar-refractivity contribution in [2.75, 3.05) is 27.4 Å². The molecule has 0 bridgehead atoms. The van der Waals surface area contributed by atoms with E-state index in [2.05, 4.69) is 0 Å². The molecule has 1 unspecified atom stereocenters. The monoisotopic (exact) mass is 269 g/mol. The summed E-state index contributed by atoms with van der Waals surface area (Å²) in [7, 11) is 3.01. The maximum Gasteiger partial charge on any atom is 0.163 e. The first-order chi connectivity index (χ1) is 9.17. The molecule has 0 radical (unpaired) electrons. The van der Waals surface area contributed by atoms with Crippen LogP contribution < -0.4 is 15.2 Å². The second-order valence-corrected chi connectivity index (χ2v) is 4.70. The van der Waals surface area contributed by atoms with Gasteiger partial charge in [0, 0.05) is 30.9 Å². The van der Waals surface area contributed by atoms with Crippen LogP contribution in [0.2, 0.25) is 0 Å². The summed E-state index contributed by atoms with van der Waals surface area (Å²) < 4.78 is 29.7. The average molecular weight is 269 g/mol. The number of methoxy groups -OCH3 is 2. The summed E-state index contributed by atoms with van der Waals surface area (Å²) in [5, 5.41) is 0. The molecule has 0 aromatic heterocycles. The Morgan fingerprint density at radius 1 is 1.21 bits per heavy atom. The molecule has 0 spiro atoms. The fourth-order valence-electron chi connectivity index (χ4n) is 2.45. The summed E-state index contributed by atoms with van der Waals surface area (Å²) >= 11 is 0. The maximum absolute atomic E-state index is 14.1. The number of rotatable bonds is 4. The Morgan fingerprint density at radius 3 is 2.37 bits per heavy atom. The maximum atomic E-state index is 14.1. The van der Waals surface area contributed by atoms with Gasteiger partial charge in [-0.2, -0.15) is 0 Å². The molecule has 106 valence electrons. The third-order valence-electron chi connectivity index (χ3n) is 3.64. The first-order valence-corrected chi connectivity index (χ1v) is 6.42. The number of hydrogen-bond acceptors (Lipinski definition) is 4. The van der Waals surface area contributed by atoms with Crippen molar-refractivity contribution in [1.29, 1.82) is 0 Å². The van der Waals surface area contributed by atoms with Crippen LogP contribution in [0.25, 0.3) is 0 Å². The quantitative estimate of drug-likeness (QED) is 0.911. The second-order valence-electron chi connectivity index (χ2n) is 4.70. The Hall–Kier alpha value is -1.33. The molecule has 1 fully saturated rings. The molecular formula is C14H20FNO3. The van der Waals surface area contributed by atoms with E-state index in [4.69, 9.17) is 19.9 Å². The SMILES string of the molecule is COc1cc(F)c(C(N)C2CCOCC2)cc1OC. The van der Waals surface area contributed by atoms with E-state index in [1.807, 2.05) is 0 Å². The van der Waals surface area contributed by atoms with Crippen LogP contribution in [0.15, 0.2) is 12.1 Å². The number of benzene rings is 1. The topological polar surface area (TPSA) is 53.7 Å². The molecule has 1 aliphatic heterocycles. The van der Waals surface area contributed by atoms with Crippen molar-refractivity contribution in [3.8, 4) is 11.5 Å². The van der Waals surface area contributed by atoms with Gasteiger partial charge in [0.1, 0.15) is 5.82 Å². The molecule has 4 nitrogen and oxygen atoms in total. The Labute approximate surface area is 112 Å². The highest BCUT2D eigenvalue weighted by molar-refractivity contribution is 5.44. The van der Waals surface area contributed by atoms with Gasteiger partial charge in [0.2, 0.25) is 0 Å². The number of nitrogens with two attached hydrogens (primary N) is 1. The zero-order valence-corrected chi connectivity index (χ0v) is 11.3. The highest BCUT2D eigenvalue weighted by atomic mass is 19.1. The van der Waals surface area contributed by atoms with Gasteiger partial charge in [-0.25, -0.2) is 4.39 Å². The smallest absolute Gasteiger partial charge is 0.163 e. The van der Waals surface area contributed by atoms with E-state index in [-0.39, 0.29) is 17.8 Å². The van der Waals surface area contributed by atoms with Crippen molar-refractivity contribution >= 4 is 0 Å². The highest BCUT2D eigenvalue weighted by Crippen LogP contribution is 2.36. The van der Waals surface area contributed by atoms with Gasteiger partial charge in [-0.05, 0) is 24.8 Å². The van der Waals surface area contributed by atoms with Gasteiger partial charge in [0.25, 0.3) is 0 Å². The summed E-state index contributed by atoms with van der Waals surface area (Å²) in [6.07, 6.45) is 1.71. The molecule has 1 saturated heterocycles. The lowest BCUT2D eigenvalue weighted by Crippen LogP contribution is -2.28. The Morgan fingerprint density at radius 2 is 1.79 bits per heavy atom. The summed E-state index contributed by atoms with van der Waals surface area (Å²) in [5.41, 5.74) is 6.67. The van der Waals surface area contributed by atoms with Crippen LogP contribution in [-0.2, 0) is 4.74 Å². The first kappa shape index (κ1) is 14.1. The van der Waals surface area contributed by atoms with Gasteiger partial charge in [0.05, 0.1) is 14.2 Å². The van der Waals surface area contributed by atoms with Gasteiger partial charge in [-0.15, -0.1) is 0 Å². The molecule has 0 aliphatic carbocycles. The molecule has 2 rings (SSSR count). The summed E-state index contributed by atoms with van der Waals surface area (Å²) in [6, 6.07) is 2.62. The normalized spacial score (nSPS) is 18.1. The molecule has 19 heavy (non-hydrogen) atoms. The van der Waals surface area contributed by atoms with Crippen LogP contribution in [-0.4, -0.2) is 27.4 Å². The van der Waals surface area contributed by atoms with Crippen molar-refractivity contribution in [3.05, 3.63) is 23.5 Å². The van der Waals surface area contributed by atoms with Crippen molar-refractivity contribution < 1.29 is 18.6 Å². The largest absolute Gasteiger partial charge is 0.493 e. The first-order valence-electron chi connectivity index (χ1n) is 6.42. The Bertz CT molecular complexity index is 433. The number of hydrogen-bond donors (Lipinski definition) is 1. The fourth-order valence-corrected chi connectivity index (χ4v) is 2.45. The van der Waals surface area contributed by atoms with Crippen LogP contribution in [0.4, 0.5) is 4.39 Å². The van der Waals surface area contributed by atoms with Crippen LogP contribution >= 0.6 is 0 Å². The van der Waals surface area contributed by atoms with Gasteiger partial charge < -0.3 is 19.9 Å². The van der Waals surface area contributed by atoms with E-state index >= 15 is 0 Å². The highest BCUT2D eigenvalue weighted by Gasteiger charge is 2.25. The van der Waals surface area contributed by atoms with E-state index in [0.717, 1.165) is 12.8 Å². The predicted octanol–water partition coefficient (Wildman–Crippen LogP) is 2.27. The van der Waals surface area contributed by atoms with Crippen molar-refractivity contribution in [2.24, 2.45) is 11.7 Å². The zero-order valence-electron chi connectivity index (χ0n) is 11.3. The van der Waals surface area contributed by atoms with Crippen molar-refractivity contribution in [3.63, 3.8) is 0 Å². The lowest BCUT2D eigenvalue weighted by atomic mass is 9.87. The molecule has 1 aliphatic rings. The molecular weight excluding hydrogens is 249 g/mol. The van der Waals surface area contributed by atoms with Crippen molar-refractivity contribution in [1.82, 2.24) is 0 Å². The summed E-state index contributed by atoms with van der Waals surface area (Å²) in [6.45, 7) is 1.38. The van der Waals surface area contributed by atoms with Crippen LogP contribution in [0, 0.1) is 11.7 Å². The predicted molar refractivity (Wildman–Crippen MR) is 70.0 cm³/mol. The Balaban J connectivity index is 2.27. The third kappa shape index (κ3) is 2.98. The number of ether oxygens (including phenoxy) is 3. The summed E-state index contributed by atoms with van der Waals surface area (Å²) in [4.78, 5) is 0. The lowest BCUT2D eigenvalue weighted by Gasteiger charge is -2.28. The molecule has 2 N–H and O–H groups in total. The summed E-state index contributed by atoms with van der Waals surface area (Å²) in [5.74, 6) is 0.766. The van der Waals surface area contributed by atoms with E-state index < -0.39 is 0 Å². The van der Waals surface area contributed by atoms with E-state index in [1.165, 1.54) is 20.3 Å². The number of halogens is 1. The molecule has 1 aromatic carbocycles. The van der Waals surface area contributed by atoms with E-state index in [0.29, 0.717) is 30.3 Å². The molecule has 1 atom stereocenters. The van der Waals surface area contributed by atoms with Crippen LogP contribution in [0.1, 0.15) is 24.4 Å². The molecule has 0 saturated carbocycles. The third-order valence-corrected chi connectivity index (χ3v) is 3.64. The minimum Gasteiger partial charge on any atom is -0.493 e. The molecule has 1 aromatic rings. The minimum absolute atomic E-state index is 0.237. The van der Waals surface area contributed by atoms with E-state index in [1.54, 1.807) is 6.07 Å². The standard InChI is InChI=1S/C14H20FNO3/c1-17-12-7-10(11(15)8-13(12)18-2)14(16)9-3-5-19-6-4-9/h7-9,14H,3-6,16H2,1-2H3. The second kappa shape index (κ2) is 6.21. The van der Waals surface area contributed by atoms with E-state index in [9.17, 15) is 4.39 Å². The van der Waals surface area contributed by atoms with Gasteiger partial charge in [-0.3, -0.25) is 0 Å².